The fourth-order valence-electron chi connectivity index (χ4n) is 2.74. The van der Waals surface area contributed by atoms with Crippen LogP contribution in [0, 0.1) is 0 Å². The molecule has 6 heteroatoms. The lowest BCUT2D eigenvalue weighted by molar-refractivity contribution is -0.137. The van der Waals surface area contributed by atoms with Gasteiger partial charge in [0.15, 0.2) is 0 Å². The van der Waals surface area contributed by atoms with Crippen molar-refractivity contribution in [1.82, 2.24) is 5.32 Å². The van der Waals surface area contributed by atoms with Crippen LogP contribution in [0.4, 0.5) is 18.9 Å². The molecule has 0 saturated heterocycles. The van der Waals surface area contributed by atoms with Crippen molar-refractivity contribution in [1.29, 1.82) is 0 Å². The molecule has 0 fully saturated rings. The zero-order valence-electron chi connectivity index (χ0n) is 11.7. The van der Waals surface area contributed by atoms with Crippen molar-refractivity contribution < 1.29 is 13.2 Å². The zero-order valence-corrected chi connectivity index (χ0v) is 12.5. The van der Waals surface area contributed by atoms with Crippen LogP contribution in [0.1, 0.15) is 16.7 Å². The summed E-state index contributed by atoms with van der Waals surface area (Å²) in [7, 11) is 0. The van der Waals surface area contributed by atoms with E-state index in [1.807, 2.05) is 12.1 Å². The highest BCUT2D eigenvalue weighted by atomic mass is 35.5. The third kappa shape index (κ3) is 3.20. The summed E-state index contributed by atoms with van der Waals surface area (Å²) in [5, 5.41) is 3.27. The number of halogens is 4. The predicted molar refractivity (Wildman–Crippen MR) is 84.0 cm³/mol. The third-order valence-electron chi connectivity index (χ3n) is 3.76. The smallest absolute Gasteiger partial charge is 0.399 e. The first-order valence-corrected chi connectivity index (χ1v) is 6.75. The van der Waals surface area contributed by atoms with Gasteiger partial charge in [-0.2, -0.15) is 13.2 Å². The zero-order chi connectivity index (χ0) is 15.0. The van der Waals surface area contributed by atoms with Crippen LogP contribution >= 0.6 is 12.4 Å². The van der Waals surface area contributed by atoms with Crippen molar-refractivity contribution in [3.63, 3.8) is 0 Å². The predicted octanol–water partition coefficient (Wildman–Crippen LogP) is 4.02. The van der Waals surface area contributed by atoms with Gasteiger partial charge in [0.05, 0.1) is 5.56 Å². The van der Waals surface area contributed by atoms with Crippen LogP contribution < -0.4 is 11.1 Å². The fourth-order valence-corrected chi connectivity index (χ4v) is 2.74. The lowest BCUT2D eigenvalue weighted by Crippen LogP contribution is -2.24. The maximum Gasteiger partial charge on any atom is 0.416 e. The van der Waals surface area contributed by atoms with Gasteiger partial charge < -0.3 is 11.1 Å². The molecular weight excluding hydrogens is 313 g/mol. The number of fused-ring (bicyclic) bond motifs is 1. The number of anilines is 1. The number of rotatable bonds is 1. The molecule has 1 aliphatic heterocycles. The topological polar surface area (TPSA) is 38.0 Å². The molecule has 0 aromatic heterocycles. The summed E-state index contributed by atoms with van der Waals surface area (Å²) in [6.45, 7) is 1.61. The number of nitrogens with two attached hydrogens (primary N) is 1. The SMILES string of the molecule is Cl.Nc1cc2c(c(-c3ccc(C(F)(F)F)cc3)c1)CCNC2. The molecule has 0 spiro atoms. The van der Waals surface area contributed by atoms with E-state index >= 15 is 0 Å². The second-order valence-electron chi connectivity index (χ2n) is 5.21. The molecule has 0 atom stereocenters. The van der Waals surface area contributed by atoms with E-state index in [0.717, 1.165) is 48.3 Å². The standard InChI is InChI=1S/C16H15F3N2.ClH/c17-16(18,19)12-3-1-10(2-4-12)15-8-13(20)7-11-9-21-6-5-14(11)15;/h1-4,7-8,21H,5-6,9,20H2;1H. The number of nitrogen functional groups attached to an aromatic ring is 1. The Morgan fingerprint density at radius 1 is 1.05 bits per heavy atom. The van der Waals surface area contributed by atoms with E-state index in [-0.39, 0.29) is 12.4 Å². The van der Waals surface area contributed by atoms with Crippen LogP contribution in [0.25, 0.3) is 11.1 Å². The molecule has 1 heterocycles. The Kier molecular flexibility index (Phi) is 4.68. The van der Waals surface area contributed by atoms with Gasteiger partial charge in [0.2, 0.25) is 0 Å². The average Bonchev–Trinajstić information content (AvgIpc) is 2.45. The monoisotopic (exact) mass is 328 g/mol. The molecule has 22 heavy (non-hydrogen) atoms. The van der Waals surface area contributed by atoms with Crippen molar-refractivity contribution in [3.8, 4) is 11.1 Å². The van der Waals surface area contributed by atoms with E-state index in [1.165, 1.54) is 17.7 Å². The van der Waals surface area contributed by atoms with E-state index < -0.39 is 11.7 Å². The number of nitrogens with one attached hydrogen (secondary N) is 1. The van der Waals surface area contributed by atoms with Gasteiger partial charge in [-0.25, -0.2) is 0 Å². The largest absolute Gasteiger partial charge is 0.416 e. The molecule has 2 nitrogen and oxygen atoms in total. The maximum atomic E-state index is 12.6. The number of hydrogen-bond donors (Lipinski definition) is 2. The van der Waals surface area contributed by atoms with Crippen LogP contribution in [-0.4, -0.2) is 6.54 Å². The van der Waals surface area contributed by atoms with Gasteiger partial charge in [-0.3, -0.25) is 0 Å². The summed E-state index contributed by atoms with van der Waals surface area (Å²) in [4.78, 5) is 0. The first-order valence-electron chi connectivity index (χ1n) is 6.75. The van der Waals surface area contributed by atoms with Crippen LogP contribution in [-0.2, 0) is 19.1 Å². The second-order valence-corrected chi connectivity index (χ2v) is 5.21. The Bertz CT molecular complexity index is 666. The van der Waals surface area contributed by atoms with Crippen LogP contribution in [0.2, 0.25) is 0 Å². The van der Waals surface area contributed by atoms with Crippen LogP contribution in [0.15, 0.2) is 36.4 Å². The Hall–Kier alpha value is -1.72. The minimum Gasteiger partial charge on any atom is -0.399 e. The lowest BCUT2D eigenvalue weighted by atomic mass is 9.90. The highest BCUT2D eigenvalue weighted by Gasteiger charge is 2.30. The molecule has 0 saturated carbocycles. The molecular formula is C16H16ClF3N2. The summed E-state index contributed by atoms with van der Waals surface area (Å²) in [5.41, 5.74) is 9.90. The third-order valence-corrected chi connectivity index (χ3v) is 3.76. The summed E-state index contributed by atoms with van der Waals surface area (Å²) in [5.74, 6) is 0. The second kappa shape index (κ2) is 6.18. The van der Waals surface area contributed by atoms with Gasteiger partial charge in [0.1, 0.15) is 0 Å². The van der Waals surface area contributed by atoms with Crippen molar-refractivity contribution in [2.45, 2.75) is 19.1 Å². The normalized spacial score (nSPS) is 14.1. The van der Waals surface area contributed by atoms with Crippen molar-refractivity contribution in [3.05, 3.63) is 53.1 Å². The van der Waals surface area contributed by atoms with E-state index in [0.29, 0.717) is 5.69 Å². The summed E-state index contributed by atoms with van der Waals surface area (Å²) < 4.78 is 37.9. The Morgan fingerprint density at radius 2 is 1.73 bits per heavy atom. The van der Waals surface area contributed by atoms with Crippen molar-refractivity contribution in [2.24, 2.45) is 0 Å². The van der Waals surface area contributed by atoms with Crippen molar-refractivity contribution >= 4 is 18.1 Å². The van der Waals surface area contributed by atoms with Gasteiger partial charge in [0.25, 0.3) is 0 Å². The molecule has 1 aliphatic rings. The van der Waals surface area contributed by atoms with Gasteiger partial charge in [-0.05, 0) is 59.5 Å². The van der Waals surface area contributed by atoms with Gasteiger partial charge in [-0.1, -0.05) is 12.1 Å². The van der Waals surface area contributed by atoms with E-state index in [1.54, 1.807) is 0 Å². The summed E-state index contributed by atoms with van der Waals surface area (Å²) >= 11 is 0. The molecule has 2 aromatic rings. The molecule has 0 aliphatic carbocycles. The van der Waals surface area contributed by atoms with Gasteiger partial charge in [0, 0.05) is 12.2 Å². The highest BCUT2D eigenvalue weighted by molar-refractivity contribution is 5.85. The minimum absolute atomic E-state index is 0. The number of alkyl halides is 3. The molecule has 0 amide bonds. The number of benzene rings is 2. The van der Waals surface area contributed by atoms with E-state index in [2.05, 4.69) is 5.32 Å². The molecule has 3 N–H and O–H groups in total. The summed E-state index contributed by atoms with van der Waals surface area (Å²) in [6, 6.07) is 9.03. The minimum atomic E-state index is -4.31. The molecule has 0 unspecified atom stereocenters. The molecule has 0 bridgehead atoms. The Balaban J connectivity index is 0.00000176. The molecule has 118 valence electrons. The number of hydrogen-bond acceptors (Lipinski definition) is 2. The lowest BCUT2D eigenvalue weighted by Gasteiger charge is -2.21. The molecule has 2 aromatic carbocycles. The molecule has 0 radical (unpaired) electrons. The summed E-state index contributed by atoms with van der Waals surface area (Å²) in [6.07, 6.45) is -3.45. The molecule has 3 rings (SSSR count). The average molecular weight is 329 g/mol. The van der Waals surface area contributed by atoms with Gasteiger partial charge in [-0.15, -0.1) is 12.4 Å². The Labute approximate surface area is 132 Å². The van der Waals surface area contributed by atoms with Crippen LogP contribution in [0.5, 0.6) is 0 Å². The maximum absolute atomic E-state index is 12.6. The van der Waals surface area contributed by atoms with E-state index in [9.17, 15) is 13.2 Å². The highest BCUT2D eigenvalue weighted by Crippen LogP contribution is 2.34. The first-order chi connectivity index (χ1) is 9.95. The fraction of sp³-hybridized carbons (Fsp3) is 0.250. The van der Waals surface area contributed by atoms with Gasteiger partial charge >= 0.3 is 6.18 Å². The quantitative estimate of drug-likeness (QED) is 0.776. The van der Waals surface area contributed by atoms with Crippen molar-refractivity contribution in [2.75, 3.05) is 12.3 Å². The van der Waals surface area contributed by atoms with Crippen LogP contribution in [0.3, 0.4) is 0 Å². The Morgan fingerprint density at radius 3 is 2.36 bits per heavy atom. The van der Waals surface area contributed by atoms with E-state index in [4.69, 9.17) is 5.73 Å². The first kappa shape index (κ1) is 16.6.